The fourth-order valence-electron chi connectivity index (χ4n) is 2.47. The summed E-state index contributed by atoms with van der Waals surface area (Å²) in [5.41, 5.74) is 21.0. The number of carbonyl (C=O) groups is 6. The quantitative estimate of drug-likeness (QED) is 0.0410. The van der Waals surface area contributed by atoms with Crippen LogP contribution in [0.15, 0.2) is 4.99 Å². The Morgan fingerprint density at radius 2 is 1.35 bits per heavy atom. The molecule has 13 N–H and O–H groups in total. The third-order valence-corrected chi connectivity index (χ3v) is 4.51. The van der Waals surface area contributed by atoms with Crippen molar-refractivity contribution < 1.29 is 39.0 Å². The summed E-state index contributed by atoms with van der Waals surface area (Å²) in [6.07, 6.45) is -1.30. The van der Waals surface area contributed by atoms with Crippen LogP contribution >= 0.6 is 12.6 Å². The van der Waals surface area contributed by atoms with E-state index >= 15 is 0 Å². The molecule has 0 aliphatic carbocycles. The molecule has 0 heterocycles. The minimum Gasteiger partial charge on any atom is -0.481 e. The molecule has 0 aliphatic heterocycles. The van der Waals surface area contributed by atoms with Crippen molar-refractivity contribution in [1.82, 2.24) is 16.0 Å². The zero-order valence-electron chi connectivity index (χ0n) is 18.1. The van der Waals surface area contributed by atoms with Gasteiger partial charge in [-0.25, -0.2) is 4.79 Å². The molecular formula is C17H30N8O8S. The first-order valence-electron chi connectivity index (χ1n) is 9.84. The molecule has 0 aromatic carbocycles. The summed E-state index contributed by atoms with van der Waals surface area (Å²) in [4.78, 5) is 74.5. The third kappa shape index (κ3) is 12.4. The van der Waals surface area contributed by atoms with Crippen molar-refractivity contribution in [3.8, 4) is 0 Å². The van der Waals surface area contributed by atoms with Gasteiger partial charge >= 0.3 is 11.9 Å². The Morgan fingerprint density at radius 1 is 0.824 bits per heavy atom. The number of aliphatic imine (C=N–C) groups is 1. The summed E-state index contributed by atoms with van der Waals surface area (Å²) in [6.45, 7) is 0.0857. The van der Waals surface area contributed by atoms with Gasteiger partial charge in [0.05, 0.1) is 18.9 Å². The molecule has 0 saturated heterocycles. The summed E-state index contributed by atoms with van der Waals surface area (Å²) in [7, 11) is 0. The van der Waals surface area contributed by atoms with Crippen molar-refractivity contribution in [3.05, 3.63) is 0 Å². The lowest BCUT2D eigenvalue weighted by Gasteiger charge is -2.24. The van der Waals surface area contributed by atoms with Gasteiger partial charge in [-0.1, -0.05) is 0 Å². The van der Waals surface area contributed by atoms with Gasteiger partial charge in [-0.2, -0.15) is 12.6 Å². The number of nitrogens with one attached hydrogen (secondary N) is 3. The monoisotopic (exact) mass is 506 g/mol. The standard InChI is InChI=1S/C17H30N8O8S/c18-7(4-12(27)28)13(29)24-9(5-11(19)26)15(31)23-8(2-1-3-22-17(20)21)14(30)25-10(6-34)16(32)33/h7-10,34H,1-6,18H2,(H2,19,26)(H,23,31)(H,24,29)(H,25,30)(H,27,28)(H,32,33)(H4,20,21,22). The largest absolute Gasteiger partial charge is 0.481 e. The van der Waals surface area contributed by atoms with Crippen molar-refractivity contribution in [1.29, 1.82) is 0 Å². The molecule has 0 bridgehead atoms. The normalized spacial score (nSPS) is 13.9. The number of nitrogens with zero attached hydrogens (tertiary/aromatic N) is 1. The first-order valence-corrected chi connectivity index (χ1v) is 10.5. The number of thiol groups is 1. The Balaban J connectivity index is 5.55. The highest BCUT2D eigenvalue weighted by Gasteiger charge is 2.31. The zero-order chi connectivity index (χ0) is 26.4. The van der Waals surface area contributed by atoms with Crippen LogP contribution < -0.4 is 38.9 Å². The van der Waals surface area contributed by atoms with E-state index in [-0.39, 0.29) is 31.1 Å². The van der Waals surface area contributed by atoms with Crippen LogP contribution in [0, 0.1) is 0 Å². The molecule has 0 saturated carbocycles. The molecule has 4 amide bonds. The molecule has 0 spiro atoms. The lowest BCUT2D eigenvalue weighted by atomic mass is 10.1. The SMILES string of the molecule is NC(=O)CC(NC(=O)C(N)CC(=O)O)C(=O)NC(CCCN=C(N)N)C(=O)NC(CS)C(=O)O. The molecule has 0 fully saturated rings. The number of hydrogen-bond donors (Lipinski definition) is 10. The van der Waals surface area contributed by atoms with E-state index in [9.17, 15) is 28.8 Å². The summed E-state index contributed by atoms with van der Waals surface area (Å²) in [6, 6.07) is -5.78. The minimum absolute atomic E-state index is 0.0525. The maximum absolute atomic E-state index is 12.7. The average molecular weight is 507 g/mol. The fourth-order valence-corrected chi connectivity index (χ4v) is 2.72. The van der Waals surface area contributed by atoms with Crippen LogP contribution in [0.4, 0.5) is 0 Å². The van der Waals surface area contributed by atoms with E-state index in [2.05, 4.69) is 33.6 Å². The van der Waals surface area contributed by atoms with Crippen LogP contribution in [0.1, 0.15) is 25.7 Å². The fraction of sp³-hybridized carbons (Fsp3) is 0.588. The number of carboxylic acids is 2. The van der Waals surface area contributed by atoms with Gasteiger partial charge in [0.2, 0.25) is 23.6 Å². The van der Waals surface area contributed by atoms with E-state index in [4.69, 9.17) is 33.1 Å². The van der Waals surface area contributed by atoms with Crippen molar-refractivity contribution >= 4 is 54.2 Å². The van der Waals surface area contributed by atoms with Gasteiger partial charge in [0.15, 0.2) is 5.96 Å². The second kappa shape index (κ2) is 15.3. The summed E-state index contributed by atoms with van der Waals surface area (Å²) >= 11 is 3.85. The van der Waals surface area contributed by atoms with Crippen LogP contribution in [0.3, 0.4) is 0 Å². The number of primary amides is 1. The molecule has 0 aromatic rings. The second-order valence-corrected chi connectivity index (χ2v) is 7.39. The molecule has 4 atom stereocenters. The zero-order valence-corrected chi connectivity index (χ0v) is 19.0. The van der Waals surface area contributed by atoms with Crippen LogP contribution in [0.5, 0.6) is 0 Å². The van der Waals surface area contributed by atoms with Gasteiger partial charge < -0.3 is 49.1 Å². The summed E-state index contributed by atoms with van der Waals surface area (Å²) in [5.74, 6) is -7.10. The highest BCUT2D eigenvalue weighted by atomic mass is 32.1. The number of amides is 4. The number of guanidine groups is 1. The first-order chi connectivity index (χ1) is 15.8. The number of nitrogens with two attached hydrogens (primary N) is 4. The van der Waals surface area contributed by atoms with E-state index < -0.39 is 72.6 Å². The maximum atomic E-state index is 12.7. The molecule has 192 valence electrons. The molecule has 0 aromatic heterocycles. The molecule has 16 nitrogen and oxygen atoms in total. The number of rotatable bonds is 16. The highest BCUT2D eigenvalue weighted by molar-refractivity contribution is 7.80. The number of carbonyl (C=O) groups excluding carboxylic acids is 4. The molecule has 17 heteroatoms. The van der Waals surface area contributed by atoms with E-state index in [1.807, 2.05) is 0 Å². The van der Waals surface area contributed by atoms with Gasteiger partial charge in [0.1, 0.15) is 18.1 Å². The Kier molecular flexibility index (Phi) is 13.7. The van der Waals surface area contributed by atoms with Crippen molar-refractivity contribution in [2.75, 3.05) is 12.3 Å². The third-order valence-electron chi connectivity index (χ3n) is 4.15. The Bertz CT molecular complexity index is 804. The Labute approximate surface area is 199 Å². The lowest BCUT2D eigenvalue weighted by Crippen LogP contribution is -2.58. The first kappa shape index (κ1) is 30.4. The van der Waals surface area contributed by atoms with Gasteiger partial charge in [-0.3, -0.25) is 29.0 Å². The Morgan fingerprint density at radius 3 is 1.82 bits per heavy atom. The molecule has 0 aliphatic rings. The minimum atomic E-state index is -1.59. The lowest BCUT2D eigenvalue weighted by molar-refractivity contribution is -0.141. The van der Waals surface area contributed by atoms with E-state index in [1.54, 1.807) is 0 Å². The van der Waals surface area contributed by atoms with E-state index in [0.29, 0.717) is 0 Å². The predicted molar refractivity (Wildman–Crippen MR) is 121 cm³/mol. The Hall–Kier alpha value is -3.60. The van der Waals surface area contributed by atoms with Crippen LogP contribution in [0.2, 0.25) is 0 Å². The van der Waals surface area contributed by atoms with Crippen molar-refractivity contribution in [2.45, 2.75) is 49.9 Å². The van der Waals surface area contributed by atoms with Gasteiger partial charge in [-0.15, -0.1) is 0 Å². The molecule has 0 rings (SSSR count). The number of aliphatic carboxylic acids is 2. The van der Waals surface area contributed by atoms with Crippen LogP contribution in [0.25, 0.3) is 0 Å². The highest BCUT2D eigenvalue weighted by Crippen LogP contribution is 2.03. The van der Waals surface area contributed by atoms with Crippen LogP contribution in [-0.2, 0) is 28.8 Å². The van der Waals surface area contributed by atoms with E-state index in [1.165, 1.54) is 0 Å². The van der Waals surface area contributed by atoms with E-state index in [0.717, 1.165) is 0 Å². The topological polar surface area (TPSA) is 295 Å². The smallest absolute Gasteiger partial charge is 0.327 e. The second-order valence-electron chi connectivity index (χ2n) is 7.03. The number of hydrogen-bond acceptors (Lipinski definition) is 9. The summed E-state index contributed by atoms with van der Waals surface area (Å²) < 4.78 is 0. The molecule has 0 radical (unpaired) electrons. The molecular weight excluding hydrogens is 476 g/mol. The van der Waals surface area contributed by atoms with Gasteiger partial charge in [-0.05, 0) is 12.8 Å². The average Bonchev–Trinajstić information content (AvgIpc) is 2.71. The van der Waals surface area contributed by atoms with Gasteiger partial charge in [0, 0.05) is 12.3 Å². The molecule has 34 heavy (non-hydrogen) atoms. The predicted octanol–water partition coefficient (Wildman–Crippen LogP) is -4.81. The van der Waals surface area contributed by atoms with Gasteiger partial charge in [0.25, 0.3) is 0 Å². The summed E-state index contributed by atoms with van der Waals surface area (Å²) in [5, 5.41) is 24.5. The number of carboxylic acid groups (broad SMARTS) is 2. The maximum Gasteiger partial charge on any atom is 0.327 e. The van der Waals surface area contributed by atoms with Crippen molar-refractivity contribution in [3.63, 3.8) is 0 Å². The molecule has 4 unspecified atom stereocenters. The van der Waals surface area contributed by atoms with Crippen molar-refractivity contribution in [2.24, 2.45) is 27.9 Å². The van der Waals surface area contributed by atoms with Crippen LogP contribution in [-0.4, -0.2) is 88.2 Å².